The van der Waals surface area contributed by atoms with Gasteiger partial charge in [0.25, 0.3) is 0 Å². The molecule has 1 atom stereocenters. The molecule has 1 aromatic rings. The van der Waals surface area contributed by atoms with Crippen LogP contribution >= 0.6 is 11.6 Å². The first kappa shape index (κ1) is 16.5. The summed E-state index contributed by atoms with van der Waals surface area (Å²) in [6, 6.07) is 6.61. The van der Waals surface area contributed by atoms with Gasteiger partial charge in [0.15, 0.2) is 9.84 Å². The Morgan fingerprint density at radius 2 is 1.89 bits per heavy atom. The van der Waals surface area contributed by atoms with Gasteiger partial charge < -0.3 is 5.32 Å². The Morgan fingerprint density at radius 1 is 1.21 bits per heavy atom. The fourth-order valence-electron chi connectivity index (χ4n) is 1.99. The van der Waals surface area contributed by atoms with E-state index in [0.29, 0.717) is 5.02 Å². The summed E-state index contributed by atoms with van der Waals surface area (Å²) in [5, 5.41) is 3.59. The first-order valence-electron chi connectivity index (χ1n) is 6.72. The molecule has 0 aromatic heterocycles. The summed E-state index contributed by atoms with van der Waals surface area (Å²) in [7, 11) is -3.34. The Kier molecular flexibility index (Phi) is 6.83. The smallest absolute Gasteiger partial charge is 0.181 e. The molecule has 0 aliphatic rings. The molecule has 1 aromatic carbocycles. The fourth-order valence-corrected chi connectivity index (χ4v) is 4.13. The van der Waals surface area contributed by atoms with Crippen LogP contribution in [-0.4, -0.2) is 26.8 Å². The molecule has 0 bridgehead atoms. The quantitative estimate of drug-likeness (QED) is 0.801. The second-order valence-corrected chi connectivity index (χ2v) is 7.06. The molecule has 0 aliphatic heterocycles. The van der Waals surface area contributed by atoms with Crippen molar-refractivity contribution in [1.82, 2.24) is 5.32 Å². The molecule has 1 N–H and O–H groups in total. The maximum absolute atomic E-state index is 12.4. The maximum atomic E-state index is 12.4. The second-order valence-electron chi connectivity index (χ2n) is 4.65. The number of nitrogens with one attached hydrogen (secondary N) is 1. The zero-order valence-corrected chi connectivity index (χ0v) is 13.1. The number of sulfone groups is 1. The van der Waals surface area contributed by atoms with Gasteiger partial charge in [-0.3, -0.25) is 0 Å². The minimum atomic E-state index is -3.34. The minimum Gasteiger partial charge on any atom is -0.313 e. The first-order chi connectivity index (χ1) is 9.01. The van der Waals surface area contributed by atoms with Crippen molar-refractivity contribution in [1.29, 1.82) is 0 Å². The van der Waals surface area contributed by atoms with E-state index in [1.807, 2.05) is 0 Å². The summed E-state index contributed by atoms with van der Waals surface area (Å²) < 4.78 is 24.8. The van der Waals surface area contributed by atoms with Crippen molar-refractivity contribution in [3.05, 3.63) is 29.3 Å². The zero-order chi connectivity index (χ0) is 14.3. The maximum Gasteiger partial charge on any atom is 0.181 e. The van der Waals surface area contributed by atoms with Crippen molar-refractivity contribution in [2.24, 2.45) is 0 Å². The second kappa shape index (κ2) is 7.88. The van der Waals surface area contributed by atoms with Gasteiger partial charge in [-0.2, -0.15) is 0 Å². The van der Waals surface area contributed by atoms with Gasteiger partial charge >= 0.3 is 0 Å². The molecule has 0 amide bonds. The normalized spacial score (nSPS) is 13.4. The molecular formula is C14H22ClNO2S. The molecule has 0 fully saturated rings. The highest BCUT2D eigenvalue weighted by Gasteiger charge is 2.22. The van der Waals surface area contributed by atoms with Crippen LogP contribution < -0.4 is 5.32 Å². The molecule has 0 saturated carbocycles. The third kappa shape index (κ3) is 5.13. The van der Waals surface area contributed by atoms with E-state index in [2.05, 4.69) is 19.2 Å². The summed E-state index contributed by atoms with van der Waals surface area (Å²) >= 11 is 5.97. The predicted octanol–water partition coefficient (Wildman–Crippen LogP) is 3.28. The Bertz CT molecular complexity index is 488. The van der Waals surface area contributed by atoms with E-state index >= 15 is 0 Å². The van der Waals surface area contributed by atoms with Crippen molar-refractivity contribution in [2.75, 3.05) is 12.3 Å². The highest BCUT2D eigenvalue weighted by Crippen LogP contribution is 2.22. The van der Waals surface area contributed by atoms with E-state index in [4.69, 9.17) is 11.6 Å². The molecule has 0 aliphatic carbocycles. The summed E-state index contributed by atoms with van der Waals surface area (Å²) in [6.45, 7) is 4.96. The van der Waals surface area contributed by atoms with Crippen LogP contribution in [0.25, 0.3) is 0 Å². The fraction of sp³-hybridized carbons (Fsp3) is 0.571. The summed E-state index contributed by atoms with van der Waals surface area (Å²) in [4.78, 5) is 0.232. The lowest BCUT2D eigenvalue weighted by molar-refractivity contribution is 0.500. The van der Waals surface area contributed by atoms with E-state index in [1.165, 1.54) is 0 Å². The largest absolute Gasteiger partial charge is 0.313 e. The number of hydrogen-bond acceptors (Lipinski definition) is 3. The third-order valence-electron chi connectivity index (χ3n) is 2.91. The summed E-state index contributed by atoms with van der Waals surface area (Å²) in [5.74, 6) is 0.102. The van der Waals surface area contributed by atoms with Crippen LogP contribution in [0.1, 0.15) is 33.1 Å². The number of halogens is 1. The predicted molar refractivity (Wildman–Crippen MR) is 80.5 cm³/mol. The molecule has 0 heterocycles. The van der Waals surface area contributed by atoms with Gasteiger partial charge in [-0.05, 0) is 31.5 Å². The van der Waals surface area contributed by atoms with Crippen LogP contribution in [0.15, 0.2) is 29.2 Å². The van der Waals surface area contributed by atoms with E-state index in [9.17, 15) is 8.42 Å². The van der Waals surface area contributed by atoms with Crippen molar-refractivity contribution >= 4 is 21.4 Å². The standard InChI is InChI=1S/C14H22ClNO2S/c1-3-7-12(16-10-4-2)11-19(17,18)14-9-6-5-8-13(14)15/h5-6,8-9,12,16H,3-4,7,10-11H2,1-2H3. The van der Waals surface area contributed by atoms with Gasteiger partial charge in [0, 0.05) is 6.04 Å². The molecule has 3 nitrogen and oxygen atoms in total. The molecule has 0 saturated heterocycles. The lowest BCUT2D eigenvalue weighted by Gasteiger charge is -2.18. The van der Waals surface area contributed by atoms with Crippen LogP contribution in [0.2, 0.25) is 5.02 Å². The van der Waals surface area contributed by atoms with Crippen molar-refractivity contribution < 1.29 is 8.42 Å². The number of rotatable bonds is 8. The average molecular weight is 304 g/mol. The van der Waals surface area contributed by atoms with E-state index in [1.54, 1.807) is 24.3 Å². The highest BCUT2D eigenvalue weighted by atomic mass is 35.5. The molecular weight excluding hydrogens is 282 g/mol. The Morgan fingerprint density at radius 3 is 2.47 bits per heavy atom. The van der Waals surface area contributed by atoms with Crippen molar-refractivity contribution in [3.8, 4) is 0 Å². The topological polar surface area (TPSA) is 46.2 Å². The highest BCUT2D eigenvalue weighted by molar-refractivity contribution is 7.91. The molecule has 0 radical (unpaired) electrons. The lowest BCUT2D eigenvalue weighted by atomic mass is 10.2. The Hall–Kier alpha value is -0.580. The van der Waals surface area contributed by atoms with Crippen LogP contribution in [0.4, 0.5) is 0 Å². The van der Waals surface area contributed by atoms with E-state index in [-0.39, 0.29) is 16.7 Å². The van der Waals surface area contributed by atoms with E-state index < -0.39 is 9.84 Å². The molecule has 5 heteroatoms. The first-order valence-corrected chi connectivity index (χ1v) is 8.75. The number of hydrogen-bond donors (Lipinski definition) is 1. The Balaban J connectivity index is 2.85. The molecule has 108 valence electrons. The monoisotopic (exact) mass is 303 g/mol. The van der Waals surface area contributed by atoms with Gasteiger partial charge in [-0.1, -0.05) is 44.0 Å². The van der Waals surface area contributed by atoms with Gasteiger partial charge in [0.05, 0.1) is 15.7 Å². The summed E-state index contributed by atoms with van der Waals surface area (Å²) in [5.41, 5.74) is 0. The van der Waals surface area contributed by atoms with E-state index in [0.717, 1.165) is 25.8 Å². The summed E-state index contributed by atoms with van der Waals surface area (Å²) in [6.07, 6.45) is 2.80. The SMILES string of the molecule is CCCNC(CCC)CS(=O)(=O)c1ccccc1Cl. The average Bonchev–Trinajstić information content (AvgIpc) is 2.36. The molecule has 19 heavy (non-hydrogen) atoms. The molecule has 1 rings (SSSR count). The zero-order valence-electron chi connectivity index (χ0n) is 11.5. The van der Waals surface area contributed by atoms with Gasteiger partial charge in [0.1, 0.15) is 0 Å². The third-order valence-corrected chi connectivity index (χ3v) is 5.22. The van der Waals surface area contributed by atoms with Crippen LogP contribution in [0.3, 0.4) is 0 Å². The Labute approximate surface area is 121 Å². The van der Waals surface area contributed by atoms with Crippen LogP contribution in [0, 0.1) is 0 Å². The van der Waals surface area contributed by atoms with Gasteiger partial charge in [-0.25, -0.2) is 8.42 Å². The minimum absolute atomic E-state index is 0.00813. The lowest BCUT2D eigenvalue weighted by Crippen LogP contribution is -2.36. The molecule has 1 unspecified atom stereocenters. The van der Waals surface area contributed by atoms with Gasteiger partial charge in [0.2, 0.25) is 0 Å². The van der Waals surface area contributed by atoms with Gasteiger partial charge in [-0.15, -0.1) is 0 Å². The van der Waals surface area contributed by atoms with Crippen LogP contribution in [-0.2, 0) is 9.84 Å². The van der Waals surface area contributed by atoms with Crippen LogP contribution in [0.5, 0.6) is 0 Å². The van der Waals surface area contributed by atoms with Crippen molar-refractivity contribution in [2.45, 2.75) is 44.0 Å². The number of benzene rings is 1. The molecule has 0 spiro atoms. The van der Waals surface area contributed by atoms with Crippen molar-refractivity contribution in [3.63, 3.8) is 0 Å².